The van der Waals surface area contributed by atoms with E-state index >= 15 is 0 Å². The van der Waals surface area contributed by atoms with E-state index in [-0.39, 0.29) is 19.3 Å². The Hall–Kier alpha value is -3.00. The molecule has 2 atom stereocenters. The molecule has 0 saturated heterocycles. The Bertz CT molecular complexity index is 1050. The third-order valence-corrected chi connectivity index (χ3v) is 5.59. The fourth-order valence-corrected chi connectivity index (χ4v) is 3.88. The van der Waals surface area contributed by atoms with E-state index in [1.54, 1.807) is 0 Å². The molecular formula is C25H31N3O4. The van der Waals surface area contributed by atoms with Crippen LogP contribution in [-0.4, -0.2) is 69.6 Å². The summed E-state index contributed by atoms with van der Waals surface area (Å²) >= 11 is 0. The van der Waals surface area contributed by atoms with Gasteiger partial charge in [0.1, 0.15) is 36.9 Å². The van der Waals surface area contributed by atoms with Crippen molar-refractivity contribution in [2.75, 3.05) is 26.3 Å². The number of aliphatic hydroxyl groups excluding tert-OH is 2. The van der Waals surface area contributed by atoms with E-state index in [4.69, 9.17) is 9.47 Å². The molecule has 2 aromatic carbocycles. The summed E-state index contributed by atoms with van der Waals surface area (Å²) in [5.41, 5.74) is 2.00. The summed E-state index contributed by atoms with van der Waals surface area (Å²) in [7, 11) is 0. The highest BCUT2D eigenvalue weighted by Gasteiger charge is 2.20. The zero-order valence-corrected chi connectivity index (χ0v) is 18.5. The molecule has 0 aliphatic rings. The van der Waals surface area contributed by atoms with Crippen molar-refractivity contribution in [1.29, 1.82) is 0 Å². The zero-order chi connectivity index (χ0) is 22.5. The van der Waals surface area contributed by atoms with E-state index in [1.807, 2.05) is 79.7 Å². The number of fused-ring (bicyclic) bond motifs is 2. The second kappa shape index (κ2) is 10.1. The van der Waals surface area contributed by atoms with Crippen molar-refractivity contribution in [3.8, 4) is 11.5 Å². The average molecular weight is 438 g/mol. The van der Waals surface area contributed by atoms with Crippen LogP contribution in [0.4, 0.5) is 0 Å². The molecule has 170 valence electrons. The Balaban J connectivity index is 1.29. The minimum absolute atomic E-state index is 0.153. The van der Waals surface area contributed by atoms with Crippen LogP contribution < -0.4 is 9.47 Å². The highest BCUT2D eigenvalue weighted by atomic mass is 16.5. The molecule has 0 fully saturated rings. The maximum Gasteiger partial charge on any atom is 0.128 e. The van der Waals surface area contributed by atoms with Crippen LogP contribution in [0.5, 0.6) is 11.5 Å². The lowest BCUT2D eigenvalue weighted by Crippen LogP contribution is -2.45. The van der Waals surface area contributed by atoms with Crippen LogP contribution in [0.15, 0.2) is 60.9 Å². The first-order valence-corrected chi connectivity index (χ1v) is 11.0. The fourth-order valence-electron chi connectivity index (χ4n) is 3.88. The van der Waals surface area contributed by atoms with Crippen molar-refractivity contribution < 1.29 is 19.7 Å². The summed E-state index contributed by atoms with van der Waals surface area (Å²) in [6, 6.07) is 15.7. The number of aliphatic hydroxyl groups is 2. The highest BCUT2D eigenvalue weighted by Crippen LogP contribution is 2.25. The number of aromatic amines is 2. The van der Waals surface area contributed by atoms with Crippen LogP contribution in [0.3, 0.4) is 0 Å². The van der Waals surface area contributed by atoms with Crippen LogP contribution in [0.25, 0.3) is 21.8 Å². The number of hydrogen-bond acceptors (Lipinski definition) is 5. The predicted molar refractivity (Wildman–Crippen MR) is 126 cm³/mol. The minimum atomic E-state index is -0.687. The van der Waals surface area contributed by atoms with Gasteiger partial charge < -0.3 is 29.7 Å². The first-order chi connectivity index (χ1) is 15.5. The Kier molecular flexibility index (Phi) is 6.99. The largest absolute Gasteiger partial charge is 0.490 e. The van der Waals surface area contributed by atoms with Crippen molar-refractivity contribution >= 4 is 21.8 Å². The molecule has 0 saturated carbocycles. The molecule has 0 aliphatic heterocycles. The Morgan fingerprint density at radius 2 is 1.22 bits per heavy atom. The number of nitrogens with one attached hydrogen (secondary N) is 2. The number of H-pyrrole nitrogens is 2. The topological polar surface area (TPSA) is 93.7 Å². The number of hydrogen-bond donors (Lipinski definition) is 4. The van der Waals surface area contributed by atoms with E-state index in [0.29, 0.717) is 13.1 Å². The molecule has 0 radical (unpaired) electrons. The van der Waals surface area contributed by atoms with E-state index in [9.17, 15) is 10.2 Å². The van der Waals surface area contributed by atoms with Gasteiger partial charge in [-0.3, -0.25) is 4.90 Å². The SMILES string of the molecule is CC(C)N(C[C@H](O)COc1cccc2[nH]ccc12)C[C@@H](O)COc1cccc2[nH]ccc12. The standard InChI is InChI=1S/C25H31N3O4/c1-17(2)28(13-18(29)15-31-24-7-3-5-22-20(24)9-11-26-22)14-19(30)16-32-25-8-4-6-23-21(25)10-12-27-23/h3-12,17-19,26-27,29-30H,13-16H2,1-2H3/t18-,19+. The molecule has 7 nitrogen and oxygen atoms in total. The predicted octanol–water partition coefficient (Wildman–Crippen LogP) is 3.54. The number of ether oxygens (including phenoxy) is 2. The summed E-state index contributed by atoms with van der Waals surface area (Å²) in [4.78, 5) is 8.35. The van der Waals surface area contributed by atoms with Gasteiger partial charge in [-0.15, -0.1) is 0 Å². The lowest BCUT2D eigenvalue weighted by atomic mass is 10.2. The maximum absolute atomic E-state index is 10.6. The van der Waals surface area contributed by atoms with Crippen molar-refractivity contribution in [1.82, 2.24) is 14.9 Å². The molecule has 2 heterocycles. The van der Waals surface area contributed by atoms with Crippen LogP contribution in [0.2, 0.25) is 0 Å². The third kappa shape index (κ3) is 5.24. The molecule has 4 rings (SSSR count). The van der Waals surface area contributed by atoms with Crippen LogP contribution in [0.1, 0.15) is 13.8 Å². The van der Waals surface area contributed by atoms with E-state index in [2.05, 4.69) is 9.97 Å². The second-order valence-corrected chi connectivity index (χ2v) is 8.37. The van der Waals surface area contributed by atoms with Crippen molar-refractivity contribution in [2.45, 2.75) is 32.1 Å². The molecular weight excluding hydrogens is 406 g/mol. The van der Waals surface area contributed by atoms with Crippen LogP contribution >= 0.6 is 0 Å². The quantitative estimate of drug-likeness (QED) is 0.288. The third-order valence-electron chi connectivity index (χ3n) is 5.59. The van der Waals surface area contributed by atoms with Crippen molar-refractivity contribution in [2.24, 2.45) is 0 Å². The number of nitrogens with zero attached hydrogens (tertiary/aromatic N) is 1. The lowest BCUT2D eigenvalue weighted by molar-refractivity contribution is 0.0200. The van der Waals surface area contributed by atoms with Gasteiger partial charge in [-0.05, 0) is 50.2 Å². The first-order valence-electron chi connectivity index (χ1n) is 11.0. The van der Waals surface area contributed by atoms with Crippen LogP contribution in [0, 0.1) is 0 Å². The highest BCUT2D eigenvalue weighted by molar-refractivity contribution is 5.86. The average Bonchev–Trinajstić information content (AvgIpc) is 3.45. The number of aromatic nitrogens is 2. The summed E-state index contributed by atoms with van der Waals surface area (Å²) in [5.74, 6) is 1.48. The summed E-state index contributed by atoms with van der Waals surface area (Å²) in [6.45, 7) is 5.23. The Morgan fingerprint density at radius 1 is 0.750 bits per heavy atom. The van der Waals surface area contributed by atoms with Gasteiger partial charge in [0.05, 0.1) is 0 Å². The molecule has 0 spiro atoms. The van der Waals surface area contributed by atoms with E-state index < -0.39 is 12.2 Å². The summed E-state index contributed by atoms with van der Waals surface area (Å²) < 4.78 is 11.8. The number of benzene rings is 2. The Morgan fingerprint density at radius 3 is 1.66 bits per heavy atom. The summed E-state index contributed by atoms with van der Waals surface area (Å²) in [5, 5.41) is 23.1. The van der Waals surface area contributed by atoms with E-state index in [0.717, 1.165) is 33.3 Å². The molecule has 0 unspecified atom stereocenters. The monoisotopic (exact) mass is 437 g/mol. The molecule has 0 amide bonds. The smallest absolute Gasteiger partial charge is 0.128 e. The van der Waals surface area contributed by atoms with Gasteiger partial charge in [-0.1, -0.05) is 12.1 Å². The minimum Gasteiger partial charge on any atom is -0.490 e. The lowest BCUT2D eigenvalue weighted by Gasteiger charge is -2.30. The van der Waals surface area contributed by atoms with Gasteiger partial charge in [0.2, 0.25) is 0 Å². The zero-order valence-electron chi connectivity index (χ0n) is 18.5. The van der Waals surface area contributed by atoms with Gasteiger partial charge in [-0.25, -0.2) is 0 Å². The molecule has 4 aromatic rings. The first kappa shape index (κ1) is 22.2. The van der Waals surface area contributed by atoms with Crippen molar-refractivity contribution in [3.63, 3.8) is 0 Å². The maximum atomic E-state index is 10.6. The van der Waals surface area contributed by atoms with E-state index in [1.165, 1.54) is 0 Å². The molecule has 0 aliphatic carbocycles. The molecule has 32 heavy (non-hydrogen) atoms. The molecule has 4 N–H and O–H groups in total. The fraction of sp³-hybridized carbons (Fsp3) is 0.360. The van der Waals surface area contributed by atoms with Crippen molar-refractivity contribution in [3.05, 3.63) is 60.9 Å². The molecule has 7 heteroatoms. The van der Waals surface area contributed by atoms with Gasteiger partial charge in [-0.2, -0.15) is 0 Å². The Labute approximate surface area is 187 Å². The second-order valence-electron chi connectivity index (χ2n) is 8.37. The normalized spacial score (nSPS) is 13.8. The van der Waals surface area contributed by atoms with Crippen LogP contribution in [-0.2, 0) is 0 Å². The molecule has 2 aromatic heterocycles. The summed E-state index contributed by atoms with van der Waals surface area (Å²) in [6.07, 6.45) is 2.37. The van der Waals surface area contributed by atoms with Gasteiger partial charge >= 0.3 is 0 Å². The van der Waals surface area contributed by atoms with Gasteiger partial charge in [0.25, 0.3) is 0 Å². The van der Waals surface area contributed by atoms with Gasteiger partial charge in [0, 0.05) is 53.3 Å². The molecule has 0 bridgehead atoms. The van der Waals surface area contributed by atoms with Gasteiger partial charge in [0.15, 0.2) is 0 Å². The number of rotatable bonds is 11.